The van der Waals surface area contributed by atoms with Crippen molar-refractivity contribution in [1.29, 1.82) is 0 Å². The Morgan fingerprint density at radius 3 is 2.24 bits per heavy atom. The molecule has 6 rings (SSSR count). The van der Waals surface area contributed by atoms with E-state index in [1.165, 1.54) is 6.92 Å². The fraction of sp³-hybridized carbons (Fsp3) is 0.258. The van der Waals surface area contributed by atoms with Crippen molar-refractivity contribution in [1.82, 2.24) is 0 Å². The highest BCUT2D eigenvalue weighted by atomic mass is 16.5. The van der Waals surface area contributed by atoms with E-state index in [4.69, 9.17) is 9.47 Å². The van der Waals surface area contributed by atoms with Crippen LogP contribution in [0.3, 0.4) is 0 Å². The number of fused-ring (bicyclic) bond motifs is 5. The fourth-order valence-electron chi connectivity index (χ4n) is 6.65. The predicted octanol–water partition coefficient (Wildman–Crippen LogP) is 5.03. The molecule has 1 saturated heterocycles. The van der Waals surface area contributed by atoms with Crippen molar-refractivity contribution >= 4 is 29.1 Å². The molecule has 2 heterocycles. The lowest BCUT2D eigenvalue weighted by Gasteiger charge is -2.37. The van der Waals surface area contributed by atoms with E-state index >= 15 is 0 Å². The molecule has 2 aliphatic heterocycles. The molecule has 1 aliphatic carbocycles. The summed E-state index contributed by atoms with van der Waals surface area (Å²) >= 11 is 0. The SMILES string of the molecule is COc1ccc(OC)c([C@@H]2[C@@H](C(C)=O)N3c4cc(C)ccc4C=C[C@H]3C23C(=O)c2ccccc2C3=O)c1. The van der Waals surface area contributed by atoms with E-state index in [1.54, 1.807) is 56.7 Å². The molecule has 0 unspecified atom stereocenters. The Morgan fingerprint density at radius 1 is 0.919 bits per heavy atom. The van der Waals surface area contributed by atoms with E-state index in [2.05, 4.69) is 0 Å². The molecule has 1 fully saturated rings. The third kappa shape index (κ3) is 2.95. The van der Waals surface area contributed by atoms with E-state index in [1.807, 2.05) is 42.2 Å². The van der Waals surface area contributed by atoms with Gasteiger partial charge in [0.1, 0.15) is 16.9 Å². The zero-order valence-electron chi connectivity index (χ0n) is 21.1. The van der Waals surface area contributed by atoms with Crippen LogP contribution < -0.4 is 14.4 Å². The molecular weight excluding hydrogens is 466 g/mol. The van der Waals surface area contributed by atoms with Crippen molar-refractivity contribution in [3.8, 4) is 11.5 Å². The number of carbonyl (C=O) groups is 3. The first-order valence-electron chi connectivity index (χ1n) is 12.3. The van der Waals surface area contributed by atoms with Gasteiger partial charge in [-0.1, -0.05) is 48.6 Å². The highest BCUT2D eigenvalue weighted by Crippen LogP contribution is 2.61. The number of hydrogen-bond donors (Lipinski definition) is 0. The normalized spacial score (nSPS) is 22.6. The molecule has 1 spiro atoms. The molecule has 0 amide bonds. The summed E-state index contributed by atoms with van der Waals surface area (Å²) in [7, 11) is 3.11. The van der Waals surface area contributed by atoms with Crippen molar-refractivity contribution in [3.05, 3.63) is 94.6 Å². The summed E-state index contributed by atoms with van der Waals surface area (Å²) in [6.45, 7) is 3.53. The standard InChI is InChI=1S/C31H27NO5/c1-17-9-10-19-11-14-26-31(29(34)21-7-5-6-8-22(21)30(31)35)27(28(18(2)33)32(26)24(19)15-17)23-16-20(36-3)12-13-25(23)37-4/h5-16,26-28H,1-4H3/t26-,27+,28+/m0/s1. The second-order valence-corrected chi connectivity index (χ2v) is 9.99. The number of hydrogen-bond acceptors (Lipinski definition) is 6. The van der Waals surface area contributed by atoms with Crippen LogP contribution in [0, 0.1) is 12.3 Å². The summed E-state index contributed by atoms with van der Waals surface area (Å²) in [6, 6.07) is 16.9. The smallest absolute Gasteiger partial charge is 0.180 e. The number of ether oxygens (including phenoxy) is 2. The first-order valence-corrected chi connectivity index (χ1v) is 12.3. The van der Waals surface area contributed by atoms with Gasteiger partial charge in [0.15, 0.2) is 17.3 Å². The number of carbonyl (C=O) groups excluding carboxylic acids is 3. The Kier molecular flexibility index (Phi) is 5.13. The largest absolute Gasteiger partial charge is 0.497 e. The van der Waals surface area contributed by atoms with Gasteiger partial charge in [-0.2, -0.15) is 0 Å². The fourth-order valence-corrected chi connectivity index (χ4v) is 6.65. The zero-order chi connectivity index (χ0) is 26.1. The van der Waals surface area contributed by atoms with Crippen molar-refractivity contribution < 1.29 is 23.9 Å². The van der Waals surface area contributed by atoms with Crippen LogP contribution in [0.5, 0.6) is 11.5 Å². The molecule has 6 nitrogen and oxygen atoms in total. The summed E-state index contributed by atoms with van der Waals surface area (Å²) in [6.07, 6.45) is 3.88. The van der Waals surface area contributed by atoms with Gasteiger partial charge in [0.05, 0.1) is 26.3 Å². The lowest BCUT2D eigenvalue weighted by atomic mass is 9.64. The van der Waals surface area contributed by atoms with Crippen molar-refractivity contribution in [2.45, 2.75) is 31.8 Å². The first-order chi connectivity index (χ1) is 17.8. The average molecular weight is 494 g/mol. The third-order valence-corrected chi connectivity index (χ3v) is 8.15. The van der Waals surface area contributed by atoms with Gasteiger partial charge in [0, 0.05) is 28.3 Å². The van der Waals surface area contributed by atoms with Crippen LogP contribution in [0.1, 0.15) is 50.2 Å². The van der Waals surface area contributed by atoms with Crippen LogP contribution in [0.15, 0.2) is 66.7 Å². The molecule has 3 aromatic rings. The van der Waals surface area contributed by atoms with Crippen molar-refractivity contribution in [3.63, 3.8) is 0 Å². The van der Waals surface area contributed by atoms with Gasteiger partial charge in [-0.25, -0.2) is 0 Å². The van der Waals surface area contributed by atoms with E-state index in [0.717, 1.165) is 16.8 Å². The van der Waals surface area contributed by atoms with Crippen LogP contribution in [0.4, 0.5) is 5.69 Å². The van der Waals surface area contributed by atoms with Gasteiger partial charge in [0.25, 0.3) is 0 Å². The van der Waals surface area contributed by atoms with Gasteiger partial charge in [-0.3, -0.25) is 14.4 Å². The minimum absolute atomic E-state index is 0.129. The van der Waals surface area contributed by atoms with Crippen molar-refractivity contribution in [2.75, 3.05) is 19.1 Å². The number of benzene rings is 3. The van der Waals surface area contributed by atoms with E-state index in [9.17, 15) is 14.4 Å². The predicted molar refractivity (Wildman–Crippen MR) is 141 cm³/mol. The molecule has 0 aromatic heterocycles. The minimum Gasteiger partial charge on any atom is -0.497 e. The third-order valence-electron chi connectivity index (χ3n) is 8.15. The maximum absolute atomic E-state index is 14.5. The van der Waals surface area contributed by atoms with E-state index in [-0.39, 0.29) is 17.3 Å². The number of ketones is 3. The maximum atomic E-state index is 14.5. The molecule has 3 aromatic carbocycles. The monoisotopic (exact) mass is 493 g/mol. The Hall–Kier alpha value is -4.19. The Labute approximate surface area is 215 Å². The van der Waals surface area contributed by atoms with Gasteiger partial charge in [-0.15, -0.1) is 0 Å². The summed E-state index contributed by atoms with van der Waals surface area (Å²) in [5, 5.41) is 0. The molecule has 0 bridgehead atoms. The average Bonchev–Trinajstić information content (AvgIpc) is 3.35. The number of nitrogens with zero attached hydrogens (tertiary/aromatic N) is 1. The van der Waals surface area contributed by atoms with Crippen molar-refractivity contribution in [2.24, 2.45) is 5.41 Å². The first kappa shape index (κ1) is 23.2. The summed E-state index contributed by atoms with van der Waals surface area (Å²) in [5.74, 6) is -0.397. The molecule has 0 N–H and O–H groups in total. The molecular formula is C31H27NO5. The van der Waals surface area contributed by atoms with Crippen LogP contribution in [0.2, 0.25) is 0 Å². The van der Waals surface area contributed by atoms with Gasteiger partial charge < -0.3 is 14.4 Å². The number of anilines is 1. The van der Waals surface area contributed by atoms with Crippen LogP contribution in [-0.2, 0) is 4.79 Å². The van der Waals surface area contributed by atoms with E-state index < -0.39 is 23.4 Å². The van der Waals surface area contributed by atoms with Gasteiger partial charge >= 0.3 is 0 Å². The molecule has 186 valence electrons. The number of aryl methyl sites for hydroxylation is 1. The second kappa shape index (κ2) is 8.17. The lowest BCUT2D eigenvalue weighted by molar-refractivity contribution is -0.118. The molecule has 37 heavy (non-hydrogen) atoms. The molecule has 6 heteroatoms. The highest BCUT2D eigenvalue weighted by Gasteiger charge is 2.71. The maximum Gasteiger partial charge on any atom is 0.180 e. The summed E-state index contributed by atoms with van der Waals surface area (Å²) in [5.41, 5.74) is 2.66. The second-order valence-electron chi connectivity index (χ2n) is 9.99. The quantitative estimate of drug-likeness (QED) is 0.475. The Morgan fingerprint density at radius 2 is 1.62 bits per heavy atom. The molecule has 3 atom stereocenters. The molecule has 3 aliphatic rings. The van der Waals surface area contributed by atoms with Crippen LogP contribution >= 0.6 is 0 Å². The minimum atomic E-state index is -1.54. The Bertz CT molecular complexity index is 1480. The van der Waals surface area contributed by atoms with Gasteiger partial charge in [-0.05, 0) is 49.2 Å². The highest BCUT2D eigenvalue weighted by molar-refractivity contribution is 6.32. The Balaban J connectivity index is 1.72. The topological polar surface area (TPSA) is 72.9 Å². The van der Waals surface area contributed by atoms with Crippen LogP contribution in [0.25, 0.3) is 6.08 Å². The summed E-state index contributed by atoms with van der Waals surface area (Å²) in [4.78, 5) is 44.6. The lowest BCUT2D eigenvalue weighted by Crippen LogP contribution is -2.48. The zero-order valence-corrected chi connectivity index (χ0v) is 21.1. The molecule has 0 radical (unpaired) electrons. The molecule has 0 saturated carbocycles. The number of methoxy groups -OCH3 is 2. The van der Waals surface area contributed by atoms with Gasteiger partial charge in [0.2, 0.25) is 0 Å². The summed E-state index contributed by atoms with van der Waals surface area (Å²) < 4.78 is 11.3. The number of rotatable bonds is 4. The van der Waals surface area contributed by atoms with Crippen LogP contribution in [-0.4, -0.2) is 43.7 Å². The number of Topliss-reactive ketones (excluding diaryl/α,β-unsaturated/α-hetero) is 3. The van der Waals surface area contributed by atoms with E-state index in [0.29, 0.717) is 28.2 Å².